The molecule has 120 valence electrons. The third-order valence-corrected chi connectivity index (χ3v) is 4.19. The number of nitrogens with zero attached hydrogens (tertiary/aromatic N) is 5. The number of halogens is 1. The van der Waals surface area contributed by atoms with Crippen LogP contribution in [0, 0.1) is 0 Å². The van der Waals surface area contributed by atoms with E-state index in [2.05, 4.69) is 30.6 Å². The van der Waals surface area contributed by atoms with Gasteiger partial charge in [0.25, 0.3) is 0 Å². The third-order valence-electron chi connectivity index (χ3n) is 3.80. The average Bonchev–Trinajstić information content (AvgIpc) is 3.21. The Balaban J connectivity index is 1.67. The van der Waals surface area contributed by atoms with Crippen molar-refractivity contribution in [2.45, 2.75) is 25.3 Å². The number of ether oxygens (including phenoxy) is 1. The van der Waals surface area contributed by atoms with E-state index in [0.717, 1.165) is 29.7 Å². The number of hydrogen-bond donors (Lipinski definition) is 2. The number of aromatic nitrogens is 6. The molecule has 1 fully saturated rings. The predicted octanol–water partition coefficient (Wildman–Crippen LogP) is 2.47. The number of H-pyrrole nitrogens is 1. The second-order valence-electron chi connectivity index (χ2n) is 5.52. The van der Waals surface area contributed by atoms with Crippen LogP contribution < -0.4 is 5.32 Å². The van der Waals surface area contributed by atoms with Crippen molar-refractivity contribution in [1.29, 1.82) is 0 Å². The van der Waals surface area contributed by atoms with Gasteiger partial charge in [0.2, 0.25) is 0 Å². The summed E-state index contributed by atoms with van der Waals surface area (Å²) in [5.41, 5.74) is 2.25. The molecule has 3 aromatic rings. The lowest BCUT2D eigenvalue weighted by molar-refractivity contribution is 0.183. The summed E-state index contributed by atoms with van der Waals surface area (Å²) >= 11 is 6.36. The van der Waals surface area contributed by atoms with Crippen molar-refractivity contribution < 1.29 is 4.74 Å². The van der Waals surface area contributed by atoms with Crippen LogP contribution in [0.4, 0.5) is 11.5 Å². The van der Waals surface area contributed by atoms with Crippen LogP contribution >= 0.6 is 11.6 Å². The van der Waals surface area contributed by atoms with Gasteiger partial charge in [0.05, 0.1) is 31.2 Å². The van der Waals surface area contributed by atoms with Crippen LogP contribution in [-0.2, 0) is 11.3 Å². The van der Waals surface area contributed by atoms with Crippen molar-refractivity contribution in [1.82, 2.24) is 29.9 Å². The summed E-state index contributed by atoms with van der Waals surface area (Å²) < 4.78 is 6.73. The Morgan fingerprint density at radius 1 is 1.39 bits per heavy atom. The fourth-order valence-corrected chi connectivity index (χ4v) is 2.61. The zero-order valence-electron chi connectivity index (χ0n) is 12.6. The molecular formula is C14H16ClN7O. The van der Waals surface area contributed by atoms with E-state index in [1.807, 2.05) is 0 Å². The van der Waals surface area contributed by atoms with E-state index in [0.29, 0.717) is 35.7 Å². The molecule has 3 heterocycles. The number of nitrogens with one attached hydrogen (secondary N) is 2. The monoisotopic (exact) mass is 333 g/mol. The predicted molar refractivity (Wildman–Crippen MR) is 86.1 cm³/mol. The smallest absolute Gasteiger partial charge is 0.160 e. The molecule has 0 spiro atoms. The summed E-state index contributed by atoms with van der Waals surface area (Å²) in [5.74, 6) is 1.97. The molecule has 0 radical (unpaired) electrons. The summed E-state index contributed by atoms with van der Waals surface area (Å²) in [6.07, 6.45) is 5.66. The molecule has 1 aliphatic carbocycles. The van der Waals surface area contributed by atoms with E-state index in [1.54, 1.807) is 24.2 Å². The van der Waals surface area contributed by atoms with Gasteiger partial charge in [-0.05, 0) is 12.8 Å². The van der Waals surface area contributed by atoms with Crippen molar-refractivity contribution >= 4 is 34.1 Å². The molecule has 0 unspecified atom stereocenters. The summed E-state index contributed by atoms with van der Waals surface area (Å²) in [6, 6.07) is 0. The SMILES string of the molecule is COCCn1ncc(Nc2nc(C3CC3)nc3cn[nH]c23)c1Cl. The maximum atomic E-state index is 6.36. The second kappa shape index (κ2) is 5.78. The van der Waals surface area contributed by atoms with Gasteiger partial charge in [0, 0.05) is 13.0 Å². The van der Waals surface area contributed by atoms with Crippen LogP contribution in [0.15, 0.2) is 12.4 Å². The largest absolute Gasteiger partial charge is 0.383 e. The molecule has 3 aromatic heterocycles. The Bertz CT molecular complexity index is 839. The maximum Gasteiger partial charge on any atom is 0.160 e. The standard InChI is InChI=1S/C14H16ClN7O/c1-23-5-4-22-12(15)10(7-17-22)19-14-11-9(6-16-21-11)18-13(20-14)8-2-3-8/h6-8H,2-5H2,1H3,(H,16,21)(H,18,19,20). The fraction of sp³-hybridized carbons (Fsp3) is 0.429. The third kappa shape index (κ3) is 2.75. The van der Waals surface area contributed by atoms with Gasteiger partial charge in [-0.25, -0.2) is 14.6 Å². The molecule has 23 heavy (non-hydrogen) atoms. The normalized spacial score (nSPS) is 14.5. The summed E-state index contributed by atoms with van der Waals surface area (Å²) in [6.45, 7) is 1.14. The molecule has 0 amide bonds. The summed E-state index contributed by atoms with van der Waals surface area (Å²) in [4.78, 5) is 9.18. The van der Waals surface area contributed by atoms with E-state index in [4.69, 9.17) is 16.3 Å². The second-order valence-corrected chi connectivity index (χ2v) is 5.88. The number of hydrogen-bond acceptors (Lipinski definition) is 6. The number of fused-ring (bicyclic) bond motifs is 1. The molecule has 0 aromatic carbocycles. The number of methoxy groups -OCH3 is 1. The first kappa shape index (κ1) is 14.4. The highest BCUT2D eigenvalue weighted by atomic mass is 35.5. The number of aromatic amines is 1. The molecule has 4 rings (SSSR count). The van der Waals surface area contributed by atoms with E-state index in [-0.39, 0.29) is 0 Å². The van der Waals surface area contributed by atoms with Crippen molar-refractivity contribution in [3.05, 3.63) is 23.4 Å². The van der Waals surface area contributed by atoms with Gasteiger partial charge < -0.3 is 10.1 Å². The fourth-order valence-electron chi connectivity index (χ4n) is 2.39. The summed E-state index contributed by atoms with van der Waals surface area (Å²) in [5, 5.41) is 15.0. The first-order valence-corrected chi connectivity index (χ1v) is 7.82. The van der Waals surface area contributed by atoms with Crippen LogP contribution in [0.3, 0.4) is 0 Å². The van der Waals surface area contributed by atoms with Crippen molar-refractivity contribution in [2.75, 3.05) is 19.0 Å². The molecule has 1 aliphatic rings. The van der Waals surface area contributed by atoms with Crippen LogP contribution in [0.5, 0.6) is 0 Å². The van der Waals surface area contributed by atoms with Gasteiger partial charge in [-0.1, -0.05) is 11.6 Å². The Labute approximate surface area is 137 Å². The maximum absolute atomic E-state index is 6.36. The lowest BCUT2D eigenvalue weighted by Crippen LogP contribution is -2.06. The van der Waals surface area contributed by atoms with E-state index < -0.39 is 0 Å². The molecule has 0 aliphatic heterocycles. The highest BCUT2D eigenvalue weighted by Gasteiger charge is 2.28. The zero-order valence-corrected chi connectivity index (χ0v) is 13.3. The Kier molecular flexibility index (Phi) is 3.62. The Hall–Kier alpha value is -2.19. The van der Waals surface area contributed by atoms with Gasteiger partial charge in [-0.3, -0.25) is 5.10 Å². The van der Waals surface area contributed by atoms with E-state index in [9.17, 15) is 0 Å². The minimum Gasteiger partial charge on any atom is -0.383 e. The topological polar surface area (TPSA) is 93.5 Å². The van der Waals surface area contributed by atoms with Gasteiger partial charge in [-0.2, -0.15) is 10.2 Å². The lowest BCUT2D eigenvalue weighted by atomic mass is 10.3. The molecule has 8 nitrogen and oxygen atoms in total. The van der Waals surface area contributed by atoms with Crippen molar-refractivity contribution in [3.63, 3.8) is 0 Å². The van der Waals surface area contributed by atoms with Crippen LogP contribution in [0.1, 0.15) is 24.6 Å². The zero-order chi connectivity index (χ0) is 15.8. The van der Waals surface area contributed by atoms with Gasteiger partial charge >= 0.3 is 0 Å². The van der Waals surface area contributed by atoms with Gasteiger partial charge in [0.1, 0.15) is 16.9 Å². The molecular weight excluding hydrogens is 318 g/mol. The average molecular weight is 334 g/mol. The van der Waals surface area contributed by atoms with Crippen molar-refractivity contribution in [2.24, 2.45) is 0 Å². The Morgan fingerprint density at radius 2 is 2.26 bits per heavy atom. The van der Waals surface area contributed by atoms with Gasteiger partial charge in [-0.15, -0.1) is 0 Å². The van der Waals surface area contributed by atoms with Gasteiger partial charge in [0.15, 0.2) is 11.0 Å². The molecule has 0 saturated heterocycles. The number of rotatable bonds is 6. The molecule has 9 heteroatoms. The lowest BCUT2D eigenvalue weighted by Gasteiger charge is -2.07. The van der Waals surface area contributed by atoms with Crippen LogP contribution in [-0.4, -0.2) is 43.7 Å². The van der Waals surface area contributed by atoms with Crippen molar-refractivity contribution in [3.8, 4) is 0 Å². The molecule has 2 N–H and O–H groups in total. The van der Waals surface area contributed by atoms with Crippen LogP contribution in [0.2, 0.25) is 5.15 Å². The molecule has 0 atom stereocenters. The van der Waals surface area contributed by atoms with Crippen LogP contribution in [0.25, 0.3) is 11.0 Å². The summed E-state index contributed by atoms with van der Waals surface area (Å²) in [7, 11) is 1.64. The minimum absolute atomic E-state index is 0.453. The molecule has 1 saturated carbocycles. The first-order chi connectivity index (χ1) is 11.3. The highest BCUT2D eigenvalue weighted by molar-refractivity contribution is 6.32. The number of anilines is 2. The first-order valence-electron chi connectivity index (χ1n) is 7.44. The van der Waals surface area contributed by atoms with E-state index in [1.165, 1.54) is 0 Å². The highest BCUT2D eigenvalue weighted by Crippen LogP contribution is 2.39. The van der Waals surface area contributed by atoms with E-state index >= 15 is 0 Å². The quantitative estimate of drug-likeness (QED) is 0.719. The molecule has 0 bridgehead atoms. The minimum atomic E-state index is 0.453. The Morgan fingerprint density at radius 3 is 3.04 bits per heavy atom.